The lowest BCUT2D eigenvalue weighted by Crippen LogP contribution is -2.39. The van der Waals surface area contributed by atoms with Crippen LogP contribution in [0, 0.1) is 0 Å². The normalized spacial score (nSPS) is 12.5. The van der Waals surface area contributed by atoms with Gasteiger partial charge < -0.3 is 10.6 Å². The van der Waals surface area contributed by atoms with Gasteiger partial charge in [-0.25, -0.2) is 0 Å². The van der Waals surface area contributed by atoms with Crippen LogP contribution in [-0.4, -0.2) is 31.6 Å². The summed E-state index contributed by atoms with van der Waals surface area (Å²) in [7, 11) is 1.81. The first-order chi connectivity index (χ1) is 9.69. The number of nitrogens with zero attached hydrogens (tertiary/aromatic N) is 1. The number of guanidine groups is 1. The number of aliphatic imine (C=N–C) groups is 1. The van der Waals surface area contributed by atoms with Crippen LogP contribution in [0.2, 0.25) is 0 Å². The number of rotatable bonds is 7. The van der Waals surface area contributed by atoms with Gasteiger partial charge in [0.1, 0.15) is 0 Å². The van der Waals surface area contributed by atoms with E-state index in [0.29, 0.717) is 0 Å². The van der Waals surface area contributed by atoms with Gasteiger partial charge in [0.25, 0.3) is 0 Å². The minimum Gasteiger partial charge on any atom is -0.356 e. The SMILES string of the molecule is CN=C(NCCCCSC)NC(C)c1ccccc1Br.I. The molecule has 0 fully saturated rings. The highest BCUT2D eigenvalue weighted by atomic mass is 127. The summed E-state index contributed by atoms with van der Waals surface area (Å²) in [4.78, 5) is 4.27. The Morgan fingerprint density at radius 3 is 2.67 bits per heavy atom. The number of halogens is 2. The van der Waals surface area contributed by atoms with Crippen molar-refractivity contribution in [3.05, 3.63) is 34.3 Å². The molecule has 1 rings (SSSR count). The summed E-state index contributed by atoms with van der Waals surface area (Å²) >= 11 is 5.48. The molecule has 1 aromatic carbocycles. The topological polar surface area (TPSA) is 36.4 Å². The predicted octanol–water partition coefficient (Wildman–Crippen LogP) is 4.44. The first-order valence-electron chi connectivity index (χ1n) is 6.89. The van der Waals surface area contributed by atoms with E-state index in [1.165, 1.54) is 24.2 Å². The van der Waals surface area contributed by atoms with Crippen LogP contribution in [0.5, 0.6) is 0 Å². The summed E-state index contributed by atoms with van der Waals surface area (Å²) in [5.41, 5.74) is 1.23. The minimum atomic E-state index is 0. The minimum absolute atomic E-state index is 0. The smallest absolute Gasteiger partial charge is 0.191 e. The van der Waals surface area contributed by atoms with Crippen LogP contribution in [0.4, 0.5) is 0 Å². The van der Waals surface area contributed by atoms with E-state index >= 15 is 0 Å². The maximum Gasteiger partial charge on any atom is 0.191 e. The van der Waals surface area contributed by atoms with Crippen molar-refractivity contribution in [2.45, 2.75) is 25.8 Å². The lowest BCUT2D eigenvalue weighted by Gasteiger charge is -2.19. The van der Waals surface area contributed by atoms with Crippen LogP contribution >= 0.6 is 51.7 Å². The van der Waals surface area contributed by atoms with E-state index in [1.807, 2.05) is 24.9 Å². The van der Waals surface area contributed by atoms with Crippen LogP contribution < -0.4 is 10.6 Å². The van der Waals surface area contributed by atoms with Crippen LogP contribution in [0.15, 0.2) is 33.7 Å². The van der Waals surface area contributed by atoms with E-state index < -0.39 is 0 Å². The molecule has 0 aliphatic rings. The number of hydrogen-bond acceptors (Lipinski definition) is 2. The second kappa shape index (κ2) is 12.6. The second-order valence-electron chi connectivity index (χ2n) is 4.59. The van der Waals surface area contributed by atoms with Crippen molar-refractivity contribution in [1.29, 1.82) is 0 Å². The van der Waals surface area contributed by atoms with Crippen LogP contribution in [0.25, 0.3) is 0 Å². The largest absolute Gasteiger partial charge is 0.356 e. The fourth-order valence-electron chi connectivity index (χ4n) is 1.88. The van der Waals surface area contributed by atoms with Gasteiger partial charge in [0, 0.05) is 18.1 Å². The highest BCUT2D eigenvalue weighted by molar-refractivity contribution is 14.0. The van der Waals surface area contributed by atoms with Gasteiger partial charge in [0.15, 0.2) is 5.96 Å². The molecule has 0 aliphatic heterocycles. The predicted molar refractivity (Wildman–Crippen MR) is 110 cm³/mol. The van der Waals surface area contributed by atoms with Gasteiger partial charge in [0.05, 0.1) is 6.04 Å². The van der Waals surface area contributed by atoms with E-state index in [1.54, 1.807) is 0 Å². The van der Waals surface area contributed by atoms with E-state index in [9.17, 15) is 0 Å². The molecule has 0 amide bonds. The fourth-order valence-corrected chi connectivity index (χ4v) is 3.00. The number of thioether (sulfide) groups is 1. The zero-order valence-corrected chi connectivity index (χ0v) is 17.6. The quantitative estimate of drug-likeness (QED) is 0.259. The Kier molecular flexibility index (Phi) is 12.6. The van der Waals surface area contributed by atoms with Gasteiger partial charge in [-0.05, 0) is 43.4 Å². The third kappa shape index (κ3) is 8.30. The number of nitrogens with one attached hydrogen (secondary N) is 2. The molecular weight excluding hydrogens is 461 g/mol. The van der Waals surface area contributed by atoms with Crippen molar-refractivity contribution in [3.63, 3.8) is 0 Å². The summed E-state index contributed by atoms with van der Waals surface area (Å²) < 4.78 is 1.12. The van der Waals surface area contributed by atoms with E-state index in [4.69, 9.17) is 0 Å². The van der Waals surface area contributed by atoms with Gasteiger partial charge in [-0.3, -0.25) is 4.99 Å². The van der Waals surface area contributed by atoms with E-state index in [2.05, 4.69) is 62.9 Å². The van der Waals surface area contributed by atoms with Crippen molar-refractivity contribution in [1.82, 2.24) is 10.6 Å². The lowest BCUT2D eigenvalue weighted by molar-refractivity contribution is 0.670. The molecular formula is C15H25BrIN3S. The first-order valence-corrected chi connectivity index (χ1v) is 9.08. The molecule has 0 saturated heterocycles. The van der Waals surface area contributed by atoms with Crippen molar-refractivity contribution in [3.8, 4) is 0 Å². The average Bonchev–Trinajstić information content (AvgIpc) is 2.46. The highest BCUT2D eigenvalue weighted by Gasteiger charge is 2.10. The molecule has 0 aliphatic carbocycles. The second-order valence-corrected chi connectivity index (χ2v) is 6.43. The molecule has 2 N–H and O–H groups in total. The number of benzene rings is 1. The van der Waals surface area contributed by atoms with Gasteiger partial charge in [-0.2, -0.15) is 11.8 Å². The summed E-state index contributed by atoms with van der Waals surface area (Å²) in [5.74, 6) is 2.08. The molecule has 0 spiro atoms. The van der Waals surface area contributed by atoms with Gasteiger partial charge in [-0.1, -0.05) is 34.1 Å². The van der Waals surface area contributed by atoms with Crippen molar-refractivity contribution in [2.24, 2.45) is 4.99 Å². The Bertz CT molecular complexity index is 429. The first kappa shape index (κ1) is 21.0. The lowest BCUT2D eigenvalue weighted by atomic mass is 10.1. The molecule has 21 heavy (non-hydrogen) atoms. The Balaban J connectivity index is 0.00000400. The molecule has 0 aromatic heterocycles. The highest BCUT2D eigenvalue weighted by Crippen LogP contribution is 2.22. The molecule has 1 unspecified atom stereocenters. The Morgan fingerprint density at radius 2 is 2.05 bits per heavy atom. The van der Waals surface area contributed by atoms with E-state index in [-0.39, 0.29) is 30.0 Å². The zero-order chi connectivity index (χ0) is 14.8. The third-order valence-corrected chi connectivity index (χ3v) is 4.44. The van der Waals surface area contributed by atoms with E-state index in [0.717, 1.165) is 17.0 Å². The Morgan fingerprint density at radius 1 is 1.33 bits per heavy atom. The summed E-state index contributed by atoms with van der Waals surface area (Å²) in [6.07, 6.45) is 4.56. The Hall–Kier alpha value is 0.0500. The van der Waals surface area contributed by atoms with Gasteiger partial charge in [-0.15, -0.1) is 24.0 Å². The Labute approximate surface area is 158 Å². The molecule has 1 aromatic rings. The molecule has 3 nitrogen and oxygen atoms in total. The maximum atomic E-state index is 4.27. The average molecular weight is 486 g/mol. The summed E-state index contributed by atoms with van der Waals surface area (Å²) in [5, 5.41) is 6.78. The fraction of sp³-hybridized carbons (Fsp3) is 0.533. The van der Waals surface area contributed by atoms with Crippen LogP contribution in [-0.2, 0) is 0 Å². The molecule has 0 saturated carbocycles. The third-order valence-electron chi connectivity index (χ3n) is 3.02. The number of unbranched alkanes of at least 4 members (excludes halogenated alkanes) is 1. The zero-order valence-electron chi connectivity index (χ0n) is 12.9. The standard InChI is InChI=1S/C15H24BrN3S.HI/c1-12(13-8-4-5-9-14(13)16)19-15(17-2)18-10-6-7-11-20-3;/h4-5,8-9,12H,6-7,10-11H2,1-3H3,(H2,17,18,19);1H. The molecule has 0 bridgehead atoms. The summed E-state index contributed by atoms with van der Waals surface area (Å²) in [6.45, 7) is 3.10. The van der Waals surface area contributed by atoms with Crippen LogP contribution in [0.1, 0.15) is 31.4 Å². The number of hydrogen-bond donors (Lipinski definition) is 2. The molecule has 1 atom stereocenters. The molecule has 120 valence electrons. The van der Waals surface area contributed by atoms with Crippen molar-refractivity contribution < 1.29 is 0 Å². The van der Waals surface area contributed by atoms with Crippen LogP contribution in [0.3, 0.4) is 0 Å². The van der Waals surface area contributed by atoms with Crippen molar-refractivity contribution >= 4 is 57.6 Å². The maximum absolute atomic E-state index is 4.27. The molecule has 0 heterocycles. The molecule has 0 radical (unpaired) electrons. The van der Waals surface area contributed by atoms with Crippen molar-refractivity contribution in [2.75, 3.05) is 25.6 Å². The summed E-state index contributed by atoms with van der Waals surface area (Å²) in [6, 6.07) is 8.47. The monoisotopic (exact) mass is 485 g/mol. The van der Waals surface area contributed by atoms with Gasteiger partial charge >= 0.3 is 0 Å². The molecule has 6 heteroatoms. The van der Waals surface area contributed by atoms with Gasteiger partial charge in [0.2, 0.25) is 0 Å².